The molecule has 0 saturated carbocycles. The number of morpholine rings is 1. The number of aromatic nitrogens is 1. The number of carbonyl (C=O) groups is 1. The second kappa shape index (κ2) is 12.5. The average Bonchev–Trinajstić information content (AvgIpc) is 3.31. The third-order valence-electron chi connectivity index (χ3n) is 5.96. The first kappa shape index (κ1) is 25.0. The van der Waals surface area contributed by atoms with Gasteiger partial charge in [-0.3, -0.25) is 14.6 Å². The van der Waals surface area contributed by atoms with E-state index in [4.69, 9.17) is 14.5 Å². The maximum Gasteiger partial charge on any atom is 0.228 e. The molecule has 1 aliphatic heterocycles. The molecule has 1 aromatic heterocycles. The predicted octanol–water partition coefficient (Wildman–Crippen LogP) is 5.24. The van der Waals surface area contributed by atoms with Crippen LogP contribution in [0, 0.1) is 6.92 Å². The molecule has 1 saturated heterocycles. The molecule has 1 fully saturated rings. The van der Waals surface area contributed by atoms with Gasteiger partial charge in [0.05, 0.1) is 30.5 Å². The molecule has 0 N–H and O–H groups in total. The van der Waals surface area contributed by atoms with Crippen LogP contribution in [0.25, 0.3) is 10.2 Å². The SMILES string of the molecule is COc1ccc(SCCCC(=O)N(CCCN2CCOCC2)c2nc3c(C)cccc3s2)cc1. The Morgan fingerprint density at radius 2 is 1.97 bits per heavy atom. The highest BCUT2D eigenvalue weighted by molar-refractivity contribution is 7.99. The summed E-state index contributed by atoms with van der Waals surface area (Å²) in [6, 6.07) is 14.3. The quantitative estimate of drug-likeness (QED) is 0.266. The zero-order valence-electron chi connectivity index (χ0n) is 20.0. The van der Waals surface area contributed by atoms with Gasteiger partial charge in [-0.25, -0.2) is 4.98 Å². The van der Waals surface area contributed by atoms with Crippen LogP contribution >= 0.6 is 23.1 Å². The lowest BCUT2D eigenvalue weighted by Gasteiger charge is -2.27. The fourth-order valence-corrected chi connectivity index (χ4v) is 5.95. The standard InChI is InChI=1S/C26H33N3O3S2/c1-20-6-3-7-23-25(20)27-26(34-23)29(14-5-13-28-15-17-32-18-16-28)24(30)8-4-19-33-22-11-9-21(31-2)10-12-22/h3,6-7,9-12H,4-5,8,13-19H2,1-2H3. The molecule has 8 heteroatoms. The van der Waals surface area contributed by atoms with Crippen molar-refractivity contribution in [1.82, 2.24) is 9.88 Å². The number of aryl methyl sites for hydroxylation is 1. The molecular weight excluding hydrogens is 466 g/mol. The van der Waals surface area contributed by atoms with Crippen molar-refractivity contribution in [2.24, 2.45) is 0 Å². The molecular formula is C26H33N3O3S2. The van der Waals surface area contributed by atoms with Crippen LogP contribution < -0.4 is 9.64 Å². The number of rotatable bonds is 11. The summed E-state index contributed by atoms with van der Waals surface area (Å²) in [6.07, 6.45) is 2.29. The number of ether oxygens (including phenoxy) is 2. The van der Waals surface area contributed by atoms with Gasteiger partial charge in [0.1, 0.15) is 5.75 Å². The molecule has 2 heterocycles. The molecule has 0 spiro atoms. The van der Waals surface area contributed by atoms with E-state index in [1.807, 2.05) is 17.0 Å². The Labute approximate surface area is 210 Å². The number of para-hydroxylation sites is 1. The Morgan fingerprint density at radius 1 is 1.18 bits per heavy atom. The van der Waals surface area contributed by atoms with E-state index in [-0.39, 0.29) is 5.91 Å². The second-order valence-electron chi connectivity index (χ2n) is 8.40. The lowest BCUT2D eigenvalue weighted by atomic mass is 10.2. The molecule has 4 rings (SSSR count). The lowest BCUT2D eigenvalue weighted by Crippen LogP contribution is -2.39. The highest BCUT2D eigenvalue weighted by Crippen LogP contribution is 2.31. The monoisotopic (exact) mass is 499 g/mol. The van der Waals surface area contributed by atoms with Gasteiger partial charge in [-0.1, -0.05) is 23.5 Å². The van der Waals surface area contributed by atoms with Crippen LogP contribution in [0.1, 0.15) is 24.8 Å². The summed E-state index contributed by atoms with van der Waals surface area (Å²) in [5, 5.41) is 0.819. The first-order valence-electron chi connectivity index (χ1n) is 11.9. The number of nitrogens with zero attached hydrogens (tertiary/aromatic N) is 3. The average molecular weight is 500 g/mol. The fourth-order valence-electron chi connectivity index (χ4n) is 4.01. The Balaban J connectivity index is 1.36. The van der Waals surface area contributed by atoms with E-state index < -0.39 is 0 Å². The molecule has 6 nitrogen and oxygen atoms in total. The Bertz CT molecular complexity index is 1060. The number of fused-ring (bicyclic) bond motifs is 1. The van der Waals surface area contributed by atoms with Crippen molar-refractivity contribution >= 4 is 44.4 Å². The first-order chi connectivity index (χ1) is 16.6. The van der Waals surface area contributed by atoms with Gasteiger partial charge in [0, 0.05) is 37.5 Å². The molecule has 3 aromatic rings. The molecule has 1 amide bonds. The van der Waals surface area contributed by atoms with Gasteiger partial charge in [0.25, 0.3) is 0 Å². The number of methoxy groups -OCH3 is 1. The van der Waals surface area contributed by atoms with Crippen molar-refractivity contribution in [1.29, 1.82) is 0 Å². The summed E-state index contributed by atoms with van der Waals surface area (Å²) in [4.78, 5) is 23.7. The topological polar surface area (TPSA) is 54.9 Å². The Kier molecular flexibility index (Phi) is 9.21. The number of anilines is 1. The van der Waals surface area contributed by atoms with Gasteiger partial charge in [-0.15, -0.1) is 11.8 Å². The molecule has 0 radical (unpaired) electrons. The summed E-state index contributed by atoms with van der Waals surface area (Å²) in [5.74, 6) is 1.92. The first-order valence-corrected chi connectivity index (χ1v) is 13.7. The maximum absolute atomic E-state index is 13.3. The third-order valence-corrected chi connectivity index (χ3v) is 8.11. The van der Waals surface area contributed by atoms with Crippen molar-refractivity contribution < 1.29 is 14.3 Å². The van der Waals surface area contributed by atoms with Crippen molar-refractivity contribution in [3.05, 3.63) is 48.0 Å². The van der Waals surface area contributed by atoms with E-state index in [9.17, 15) is 4.79 Å². The van der Waals surface area contributed by atoms with Crippen molar-refractivity contribution in [2.45, 2.75) is 31.1 Å². The van der Waals surface area contributed by atoms with Crippen LogP contribution in [-0.4, -0.2) is 68.0 Å². The van der Waals surface area contributed by atoms with Crippen molar-refractivity contribution in [3.8, 4) is 5.75 Å². The van der Waals surface area contributed by atoms with Crippen LogP contribution in [0.3, 0.4) is 0 Å². The third kappa shape index (κ3) is 6.72. The highest BCUT2D eigenvalue weighted by Gasteiger charge is 2.20. The summed E-state index contributed by atoms with van der Waals surface area (Å²) >= 11 is 3.39. The molecule has 34 heavy (non-hydrogen) atoms. The minimum atomic E-state index is 0.161. The minimum Gasteiger partial charge on any atom is -0.497 e. The number of hydrogen-bond acceptors (Lipinski definition) is 7. The van der Waals surface area contributed by atoms with Gasteiger partial charge in [-0.05, 0) is 61.4 Å². The van der Waals surface area contributed by atoms with Crippen molar-refractivity contribution in [3.63, 3.8) is 0 Å². The number of carbonyl (C=O) groups excluding carboxylic acids is 1. The van der Waals surface area contributed by atoms with Crippen LogP contribution in [0.15, 0.2) is 47.4 Å². The van der Waals surface area contributed by atoms with Crippen LogP contribution in [0.5, 0.6) is 5.75 Å². The van der Waals surface area contributed by atoms with E-state index in [2.05, 4.69) is 42.2 Å². The largest absolute Gasteiger partial charge is 0.497 e. The zero-order valence-corrected chi connectivity index (χ0v) is 21.6. The van der Waals surface area contributed by atoms with Crippen molar-refractivity contribution in [2.75, 3.05) is 57.2 Å². The zero-order chi connectivity index (χ0) is 23.8. The lowest BCUT2D eigenvalue weighted by molar-refractivity contribution is -0.118. The number of thioether (sulfide) groups is 1. The van der Waals surface area contributed by atoms with Gasteiger partial charge in [0.2, 0.25) is 5.91 Å². The van der Waals surface area contributed by atoms with E-state index in [0.717, 1.165) is 78.1 Å². The van der Waals surface area contributed by atoms with Crippen LogP contribution in [0.4, 0.5) is 5.13 Å². The molecule has 0 aliphatic carbocycles. The maximum atomic E-state index is 13.3. The Morgan fingerprint density at radius 3 is 2.71 bits per heavy atom. The molecule has 0 bridgehead atoms. The molecule has 0 unspecified atom stereocenters. The number of hydrogen-bond donors (Lipinski definition) is 0. The van der Waals surface area contributed by atoms with Gasteiger partial charge >= 0.3 is 0 Å². The molecule has 0 atom stereocenters. The molecule has 182 valence electrons. The second-order valence-corrected chi connectivity index (χ2v) is 10.6. The predicted molar refractivity (Wildman–Crippen MR) is 142 cm³/mol. The minimum absolute atomic E-state index is 0.161. The fraction of sp³-hybridized carbons (Fsp3) is 0.462. The number of benzene rings is 2. The molecule has 1 aliphatic rings. The van der Waals surface area contributed by atoms with Gasteiger partial charge in [0.15, 0.2) is 5.13 Å². The van der Waals surface area contributed by atoms with E-state index in [1.165, 1.54) is 4.90 Å². The summed E-state index contributed by atoms with van der Waals surface area (Å²) < 4.78 is 11.8. The van der Waals surface area contributed by atoms with E-state index in [1.54, 1.807) is 30.2 Å². The highest BCUT2D eigenvalue weighted by atomic mass is 32.2. The van der Waals surface area contributed by atoms with E-state index in [0.29, 0.717) is 13.0 Å². The van der Waals surface area contributed by atoms with Gasteiger partial charge < -0.3 is 9.47 Å². The van der Waals surface area contributed by atoms with Crippen LogP contribution in [0.2, 0.25) is 0 Å². The Hall–Kier alpha value is -2.13. The summed E-state index contributed by atoms with van der Waals surface area (Å²) in [5.41, 5.74) is 2.15. The number of thiazole rings is 1. The van der Waals surface area contributed by atoms with E-state index >= 15 is 0 Å². The summed E-state index contributed by atoms with van der Waals surface area (Å²) in [6.45, 7) is 7.28. The molecule has 2 aromatic carbocycles. The summed E-state index contributed by atoms with van der Waals surface area (Å²) in [7, 11) is 1.67. The van der Waals surface area contributed by atoms with Crippen LogP contribution in [-0.2, 0) is 9.53 Å². The number of amides is 1. The normalized spacial score (nSPS) is 14.4. The van der Waals surface area contributed by atoms with Gasteiger partial charge in [-0.2, -0.15) is 0 Å². The smallest absolute Gasteiger partial charge is 0.228 e.